The van der Waals surface area contributed by atoms with Gasteiger partial charge in [-0.05, 0) is 42.3 Å². The van der Waals surface area contributed by atoms with Gasteiger partial charge in [0, 0.05) is 42.2 Å². The highest BCUT2D eigenvalue weighted by molar-refractivity contribution is 7.89. The maximum Gasteiger partial charge on any atom is 0.257 e. The second-order valence-electron chi connectivity index (χ2n) is 6.66. The van der Waals surface area contributed by atoms with Crippen LogP contribution in [0.15, 0.2) is 53.6 Å². The third-order valence-corrected chi connectivity index (χ3v) is 7.39. The quantitative estimate of drug-likeness (QED) is 0.611. The van der Waals surface area contributed by atoms with Crippen LogP contribution in [0.25, 0.3) is 0 Å². The van der Waals surface area contributed by atoms with Crippen LogP contribution in [0.2, 0.25) is 5.02 Å². The summed E-state index contributed by atoms with van der Waals surface area (Å²) < 4.78 is 25.6. The van der Waals surface area contributed by atoms with E-state index in [0.29, 0.717) is 16.6 Å². The fraction of sp³-hybridized carbons (Fsp3) is 0.200. The number of halogens is 1. The standard InChI is InChI=1S/C20H20ClN3O3S2/c1-13-7-8-14(10-18(13)21)9-16-12-22-20(28-16)23-19(25)15-5-4-6-17(11-15)29(26,27)24(2)3/h4-8,10-12H,9H2,1-3H3,(H,22,23,25). The van der Waals surface area contributed by atoms with Crippen molar-refractivity contribution in [3.05, 3.63) is 75.3 Å². The molecule has 0 radical (unpaired) electrons. The summed E-state index contributed by atoms with van der Waals surface area (Å²) in [4.78, 5) is 17.8. The Hall–Kier alpha value is -2.26. The molecule has 0 fully saturated rings. The minimum Gasteiger partial charge on any atom is -0.298 e. The predicted molar refractivity (Wildman–Crippen MR) is 116 cm³/mol. The Balaban J connectivity index is 1.73. The van der Waals surface area contributed by atoms with Crippen molar-refractivity contribution in [2.24, 2.45) is 0 Å². The van der Waals surface area contributed by atoms with Crippen molar-refractivity contribution < 1.29 is 13.2 Å². The fourth-order valence-electron chi connectivity index (χ4n) is 2.57. The first-order chi connectivity index (χ1) is 13.7. The Morgan fingerprint density at radius 1 is 1.21 bits per heavy atom. The zero-order valence-electron chi connectivity index (χ0n) is 16.1. The van der Waals surface area contributed by atoms with Gasteiger partial charge < -0.3 is 0 Å². The summed E-state index contributed by atoms with van der Waals surface area (Å²) in [6.45, 7) is 1.95. The first kappa shape index (κ1) is 21.4. The van der Waals surface area contributed by atoms with Crippen LogP contribution in [-0.4, -0.2) is 37.7 Å². The molecule has 1 aromatic heterocycles. The first-order valence-corrected chi connectivity index (χ1v) is 11.3. The van der Waals surface area contributed by atoms with E-state index in [1.165, 1.54) is 37.6 Å². The van der Waals surface area contributed by atoms with Crippen molar-refractivity contribution in [2.75, 3.05) is 19.4 Å². The normalized spacial score (nSPS) is 11.6. The lowest BCUT2D eigenvalue weighted by Gasteiger charge is -2.12. The van der Waals surface area contributed by atoms with Gasteiger partial charge >= 0.3 is 0 Å². The van der Waals surface area contributed by atoms with Crippen LogP contribution in [0.4, 0.5) is 5.13 Å². The number of hydrogen-bond acceptors (Lipinski definition) is 5. The van der Waals surface area contributed by atoms with E-state index in [4.69, 9.17) is 11.6 Å². The van der Waals surface area contributed by atoms with Gasteiger partial charge in [-0.15, -0.1) is 11.3 Å². The highest BCUT2D eigenvalue weighted by atomic mass is 35.5. The molecule has 0 aliphatic rings. The molecule has 0 bridgehead atoms. The third-order valence-electron chi connectivity index (χ3n) is 4.26. The molecule has 0 aliphatic carbocycles. The Kier molecular flexibility index (Phi) is 6.38. The number of nitrogens with zero attached hydrogens (tertiary/aromatic N) is 2. The van der Waals surface area contributed by atoms with Gasteiger partial charge in [-0.2, -0.15) is 0 Å². The lowest BCUT2D eigenvalue weighted by atomic mass is 10.1. The van der Waals surface area contributed by atoms with Gasteiger partial charge in [-0.25, -0.2) is 17.7 Å². The molecule has 9 heteroatoms. The molecule has 0 aliphatic heterocycles. The summed E-state index contributed by atoms with van der Waals surface area (Å²) in [5, 5.41) is 3.89. The summed E-state index contributed by atoms with van der Waals surface area (Å²) in [6.07, 6.45) is 2.37. The maximum absolute atomic E-state index is 12.5. The van der Waals surface area contributed by atoms with E-state index in [1.54, 1.807) is 18.3 Å². The Labute approximate surface area is 179 Å². The minimum absolute atomic E-state index is 0.0613. The number of thiazole rings is 1. The highest BCUT2D eigenvalue weighted by Crippen LogP contribution is 2.24. The molecule has 3 aromatic rings. The summed E-state index contributed by atoms with van der Waals surface area (Å²) in [5.41, 5.74) is 2.32. The molecular formula is C20H20ClN3O3S2. The molecule has 1 heterocycles. The van der Waals surface area contributed by atoms with Crippen LogP contribution in [0.5, 0.6) is 0 Å². The molecule has 1 amide bonds. The summed E-state index contributed by atoms with van der Waals surface area (Å²) >= 11 is 7.53. The topological polar surface area (TPSA) is 79.4 Å². The predicted octanol–water partition coefficient (Wildman–Crippen LogP) is 4.20. The van der Waals surface area contributed by atoms with Crippen LogP contribution in [0.3, 0.4) is 0 Å². The van der Waals surface area contributed by atoms with Crippen LogP contribution >= 0.6 is 22.9 Å². The summed E-state index contributed by atoms with van der Waals surface area (Å²) in [7, 11) is -0.724. The van der Waals surface area contributed by atoms with Crippen molar-refractivity contribution in [2.45, 2.75) is 18.2 Å². The van der Waals surface area contributed by atoms with Gasteiger partial charge in [0.15, 0.2) is 5.13 Å². The second kappa shape index (κ2) is 8.62. The molecule has 152 valence electrons. The molecule has 0 saturated heterocycles. The number of rotatable bonds is 6. The van der Waals surface area contributed by atoms with Crippen molar-refractivity contribution in [1.29, 1.82) is 0 Å². The van der Waals surface area contributed by atoms with Gasteiger partial charge in [0.25, 0.3) is 5.91 Å². The summed E-state index contributed by atoms with van der Waals surface area (Å²) in [6, 6.07) is 11.8. The van der Waals surface area contributed by atoms with Crippen LogP contribution in [0.1, 0.15) is 26.4 Å². The van der Waals surface area contributed by atoms with E-state index in [9.17, 15) is 13.2 Å². The number of carbonyl (C=O) groups is 1. The highest BCUT2D eigenvalue weighted by Gasteiger charge is 2.19. The SMILES string of the molecule is Cc1ccc(Cc2cnc(NC(=O)c3cccc(S(=O)(=O)N(C)C)c3)s2)cc1Cl. The molecule has 0 atom stereocenters. The van der Waals surface area contributed by atoms with E-state index >= 15 is 0 Å². The number of aromatic nitrogens is 1. The van der Waals surface area contributed by atoms with Crippen molar-refractivity contribution in [1.82, 2.24) is 9.29 Å². The van der Waals surface area contributed by atoms with E-state index in [1.807, 2.05) is 25.1 Å². The Bertz CT molecular complexity index is 1160. The molecule has 3 rings (SSSR count). The number of anilines is 1. The Morgan fingerprint density at radius 2 is 1.97 bits per heavy atom. The third kappa shape index (κ3) is 5.02. The first-order valence-electron chi connectivity index (χ1n) is 8.70. The van der Waals surface area contributed by atoms with E-state index < -0.39 is 15.9 Å². The van der Waals surface area contributed by atoms with Crippen LogP contribution < -0.4 is 5.32 Å². The van der Waals surface area contributed by atoms with Gasteiger partial charge in [-0.3, -0.25) is 10.1 Å². The smallest absolute Gasteiger partial charge is 0.257 e. The molecule has 1 N–H and O–H groups in total. The molecule has 29 heavy (non-hydrogen) atoms. The lowest BCUT2D eigenvalue weighted by molar-refractivity contribution is 0.102. The average molecular weight is 450 g/mol. The monoisotopic (exact) mass is 449 g/mol. The summed E-state index contributed by atoms with van der Waals surface area (Å²) in [5.74, 6) is -0.417. The lowest BCUT2D eigenvalue weighted by Crippen LogP contribution is -2.22. The number of sulfonamides is 1. The molecule has 0 spiro atoms. The number of benzene rings is 2. The van der Waals surface area contributed by atoms with Crippen molar-refractivity contribution in [3.63, 3.8) is 0 Å². The minimum atomic E-state index is -3.61. The number of carbonyl (C=O) groups excluding carboxylic acids is 1. The van der Waals surface area contributed by atoms with Gasteiger partial charge in [0.05, 0.1) is 4.90 Å². The van der Waals surface area contributed by atoms with E-state index in [2.05, 4.69) is 10.3 Å². The number of amides is 1. The van der Waals surface area contributed by atoms with Crippen LogP contribution in [0, 0.1) is 6.92 Å². The Morgan fingerprint density at radius 3 is 2.66 bits per heavy atom. The maximum atomic E-state index is 12.5. The fourth-order valence-corrected chi connectivity index (χ4v) is 4.57. The van der Waals surface area contributed by atoms with Crippen molar-refractivity contribution >= 4 is 44.0 Å². The van der Waals surface area contributed by atoms with Gasteiger partial charge in [0.2, 0.25) is 10.0 Å². The van der Waals surface area contributed by atoms with Crippen molar-refractivity contribution in [3.8, 4) is 0 Å². The molecular weight excluding hydrogens is 430 g/mol. The van der Waals surface area contributed by atoms with Gasteiger partial charge in [-0.1, -0.05) is 29.8 Å². The largest absolute Gasteiger partial charge is 0.298 e. The number of nitrogens with one attached hydrogen (secondary N) is 1. The molecule has 6 nitrogen and oxygen atoms in total. The zero-order valence-corrected chi connectivity index (χ0v) is 18.5. The average Bonchev–Trinajstić information content (AvgIpc) is 3.11. The number of aryl methyl sites for hydroxylation is 1. The molecule has 0 unspecified atom stereocenters. The molecule has 2 aromatic carbocycles. The molecule has 0 saturated carbocycles. The van der Waals surface area contributed by atoms with E-state index in [0.717, 1.165) is 20.3 Å². The zero-order chi connectivity index (χ0) is 21.2. The van der Waals surface area contributed by atoms with E-state index in [-0.39, 0.29) is 10.5 Å². The number of hydrogen-bond donors (Lipinski definition) is 1. The van der Waals surface area contributed by atoms with Crippen LogP contribution in [-0.2, 0) is 16.4 Å². The van der Waals surface area contributed by atoms with Gasteiger partial charge in [0.1, 0.15) is 0 Å². The second-order valence-corrected chi connectivity index (χ2v) is 10.3.